The first-order valence-electron chi connectivity index (χ1n) is 26.5. The normalized spacial score (nSPS) is 15.8. The molecule has 1 saturated heterocycles. The summed E-state index contributed by atoms with van der Waals surface area (Å²) in [7, 11) is -29.8. The molecular formula is C52H63F9N2O19S10. The Hall–Kier alpha value is -3.79. The highest BCUT2D eigenvalue weighted by Crippen LogP contribution is 2.53. The molecular weight excluding hydrogens is 1450 g/mol. The van der Waals surface area contributed by atoms with E-state index < -0.39 is 83.1 Å². The van der Waals surface area contributed by atoms with Gasteiger partial charge in [0.2, 0.25) is 10.0 Å². The minimum Gasteiger partial charge on any atom is -0.691 e. The third-order valence-electron chi connectivity index (χ3n) is 12.4. The monoisotopic (exact) mass is 1510 g/mol. The predicted molar refractivity (Wildman–Crippen MR) is 331 cm³/mol. The van der Waals surface area contributed by atoms with E-state index in [0.717, 1.165) is 58.9 Å². The molecule has 5 aromatic rings. The lowest BCUT2D eigenvalue weighted by Gasteiger charge is -2.35. The fraction of sp³-hybridized carbons (Fsp3) is 0.423. The van der Waals surface area contributed by atoms with Crippen molar-refractivity contribution in [3.05, 3.63) is 155 Å². The second-order valence-electron chi connectivity index (χ2n) is 19.0. The molecule has 92 heavy (non-hydrogen) atoms. The number of rotatable bonds is 21. The summed E-state index contributed by atoms with van der Waals surface area (Å²) in [4.78, 5) is 3.38. The molecule has 0 radical (unpaired) electrons. The van der Waals surface area contributed by atoms with Crippen LogP contribution in [0.4, 0.5) is 39.5 Å². The number of morpholine rings is 1. The lowest BCUT2D eigenvalue weighted by Crippen LogP contribution is -2.61. The Morgan fingerprint density at radius 3 is 1.18 bits per heavy atom. The molecule has 8 rings (SSSR count). The van der Waals surface area contributed by atoms with Crippen LogP contribution < -0.4 is 18.9 Å². The zero-order chi connectivity index (χ0) is 68.9. The van der Waals surface area contributed by atoms with Crippen LogP contribution in [0.15, 0.2) is 154 Å². The van der Waals surface area contributed by atoms with E-state index in [9.17, 15) is 92.1 Å². The quantitative estimate of drug-likeness (QED) is 0.0126. The maximum Gasteiger partial charge on any atom is 0.480 e. The van der Waals surface area contributed by atoms with E-state index >= 15 is 0 Å². The summed E-state index contributed by atoms with van der Waals surface area (Å²) in [5.74, 6) is -7.82. The van der Waals surface area contributed by atoms with Gasteiger partial charge in [-0.15, -0.1) is 0 Å². The van der Waals surface area contributed by atoms with Crippen LogP contribution in [0, 0.1) is 0 Å². The lowest BCUT2D eigenvalue weighted by molar-refractivity contribution is -0.777. The van der Waals surface area contributed by atoms with Gasteiger partial charge in [0.1, 0.15) is 31.3 Å². The number of sulfonamides is 3. The molecule has 0 atom stereocenters. The second-order valence-corrected chi connectivity index (χ2v) is 31.4. The first-order chi connectivity index (χ1) is 43.0. The summed E-state index contributed by atoms with van der Waals surface area (Å²) >= 11 is 10.9. The Morgan fingerprint density at radius 2 is 0.848 bits per heavy atom. The van der Waals surface area contributed by atoms with Crippen LogP contribution in [0.3, 0.4) is 0 Å². The van der Waals surface area contributed by atoms with Crippen LogP contribution in [-0.4, -0.2) is 105 Å². The molecule has 40 heteroatoms. The molecule has 2 aliphatic carbocycles. The first kappa shape index (κ1) is 82.4. The Morgan fingerprint density at radius 1 is 0.489 bits per heavy atom. The van der Waals surface area contributed by atoms with Gasteiger partial charge in [-0.1, -0.05) is 117 Å². The largest absolute Gasteiger partial charge is 0.691 e. The Balaban J connectivity index is 0.000000328. The second kappa shape index (κ2) is 38.8. The van der Waals surface area contributed by atoms with Crippen LogP contribution in [0.1, 0.15) is 87.2 Å². The standard InChI is InChI=1S/C16H15F9NO7S3.C13H18O6S2.3C6H6S.C5H11NO6S2/c17-13(18,14(19,20)34(27,28)26-35(29,30)16(23,24)25)15(21,22)36(31,32)33-12-8-6-11(7-9-12)10-4-2-1-3-5-10;14-18-19-20-10-21(15,16)17-13-8-6-12(7-9-13)11-4-2-1-3-5-11;3*7-6-4-2-1-3-5-6;7-11-12-13-5-14(8,9)6-1-3-10-4-2-6/h6-10H,1-5H2;6-9,11,14H,1-5,10H2;3*1-5,7H;7H,1-5H2/q-1;;;;;/p+1. The molecule has 0 spiro atoms. The molecule has 3 aliphatic rings. The Kier molecular flexibility index (Phi) is 34.8. The van der Waals surface area contributed by atoms with Crippen molar-refractivity contribution in [1.29, 1.82) is 0 Å². The van der Waals surface area contributed by atoms with Gasteiger partial charge in [-0.05, 0) is 147 Å². The third-order valence-corrected chi connectivity index (χ3v) is 22.8. The fourth-order valence-electron chi connectivity index (χ4n) is 7.93. The van der Waals surface area contributed by atoms with E-state index in [1.165, 1.54) is 54.1 Å². The molecule has 21 nitrogen and oxygen atoms in total. The maximum atomic E-state index is 14.1. The molecule has 1 aliphatic heterocycles. The van der Waals surface area contributed by atoms with Crippen LogP contribution in [-0.2, 0) is 112 Å². The van der Waals surface area contributed by atoms with Gasteiger partial charge in [0, 0.05) is 25.1 Å². The number of nitrogens with zero attached hydrogens (tertiary/aromatic N) is 2. The van der Waals surface area contributed by atoms with E-state index in [1.54, 1.807) is 12.1 Å². The van der Waals surface area contributed by atoms with Gasteiger partial charge in [0.05, 0.1) is 25.3 Å². The molecule has 0 N–H and O–H groups in total. The molecule has 0 aromatic heterocycles. The number of hydrogen-bond donors (Lipinski definition) is 0. The summed E-state index contributed by atoms with van der Waals surface area (Å²) in [6, 6.07) is 40.8. The smallest absolute Gasteiger partial charge is 0.480 e. The molecule has 1 heterocycles. The van der Waals surface area contributed by atoms with Crippen molar-refractivity contribution in [2.75, 3.05) is 36.5 Å². The highest BCUT2D eigenvalue weighted by molar-refractivity contribution is 8.13. The lowest BCUT2D eigenvalue weighted by atomic mass is 9.84. The van der Waals surface area contributed by atoms with Gasteiger partial charge in [0.15, 0.2) is 25.1 Å². The fourth-order valence-corrected chi connectivity index (χ4v) is 14.9. The van der Waals surface area contributed by atoms with E-state index in [4.69, 9.17) is 8.92 Å². The van der Waals surface area contributed by atoms with Crippen molar-refractivity contribution in [2.24, 2.45) is 0 Å². The van der Waals surface area contributed by atoms with Crippen molar-refractivity contribution in [3.63, 3.8) is 0 Å². The van der Waals surface area contributed by atoms with Crippen LogP contribution >= 0.6 is 24.1 Å². The molecule has 518 valence electrons. The molecule has 3 fully saturated rings. The SMILES string of the molecule is O=S(=O)(CSOO[O-])N1CCOCC1.O=S(=O)(CSOO[O-])Oc1ccc(C2CCCCC2)cc1.O=S(=O)([N-]S(=O)(=O)C(F)(F)C(F)(F)C(F)(F)S(=O)(=O)Oc1ccc(C2CCCCC2)cc1)C(F)(F)F.[SH2+]c1ccccc1.[SH2+]c1ccccc1.[SH2+]c1ccccc1. The van der Waals surface area contributed by atoms with Crippen LogP contribution in [0.2, 0.25) is 0 Å². The van der Waals surface area contributed by atoms with Gasteiger partial charge in [-0.25, -0.2) is 25.3 Å². The zero-order valence-corrected chi connectivity index (χ0v) is 56.4. The van der Waals surface area contributed by atoms with E-state index in [2.05, 4.69) is 60.8 Å². The summed E-state index contributed by atoms with van der Waals surface area (Å²) < 4.78 is 257. The number of benzene rings is 5. The minimum absolute atomic E-state index is 0.0100. The molecule has 0 bridgehead atoms. The van der Waals surface area contributed by atoms with Crippen LogP contribution in [0.25, 0.3) is 4.13 Å². The van der Waals surface area contributed by atoms with Gasteiger partial charge in [-0.2, -0.15) is 69.3 Å². The number of hydrogen-bond acceptors (Lipinski definition) is 21. The van der Waals surface area contributed by atoms with Crippen LogP contribution in [0.5, 0.6) is 11.5 Å². The maximum absolute atomic E-state index is 14.1. The van der Waals surface area contributed by atoms with Crippen molar-refractivity contribution >= 4 is 112 Å². The Labute approximate surface area is 552 Å². The van der Waals surface area contributed by atoms with Crippen molar-refractivity contribution < 1.29 is 124 Å². The first-order valence-corrected chi connectivity index (χ1v) is 37.3. The summed E-state index contributed by atoms with van der Waals surface area (Å²) in [6.07, 6.45) is 10.3. The Bertz CT molecular complexity index is 3430. The zero-order valence-electron chi connectivity index (χ0n) is 47.7. The summed E-state index contributed by atoms with van der Waals surface area (Å²) in [6.45, 7) is 1.45. The third kappa shape index (κ3) is 27.4. The molecule has 0 amide bonds. The number of halogens is 9. The topological polar surface area (TPSA) is 299 Å². The van der Waals surface area contributed by atoms with Gasteiger partial charge in [0.25, 0.3) is 0 Å². The highest BCUT2D eigenvalue weighted by atomic mass is 32.3. The molecule has 5 aromatic carbocycles. The average molecular weight is 1510 g/mol. The number of alkyl halides is 9. The summed E-state index contributed by atoms with van der Waals surface area (Å²) in [5.41, 5.74) is -4.88. The van der Waals surface area contributed by atoms with E-state index in [-0.39, 0.29) is 16.8 Å². The van der Waals surface area contributed by atoms with Gasteiger partial charge >= 0.3 is 42.2 Å². The van der Waals surface area contributed by atoms with Gasteiger partial charge in [-0.3, -0.25) is 10.1 Å². The average Bonchev–Trinajstić information content (AvgIpc) is 0.718. The van der Waals surface area contributed by atoms with E-state index in [1.807, 2.05) is 103 Å². The van der Waals surface area contributed by atoms with Crippen molar-refractivity contribution in [1.82, 2.24) is 4.31 Å². The minimum atomic E-state index is -7.96. The molecule has 0 unspecified atom stereocenters. The van der Waals surface area contributed by atoms with Crippen molar-refractivity contribution in [2.45, 2.75) is 113 Å². The van der Waals surface area contributed by atoms with E-state index in [0.29, 0.717) is 66.0 Å². The number of ether oxygens (including phenoxy) is 1. The summed E-state index contributed by atoms with van der Waals surface area (Å²) in [5, 5.41) is 9.65. The highest BCUT2D eigenvalue weighted by Gasteiger charge is 2.81. The van der Waals surface area contributed by atoms with Crippen molar-refractivity contribution in [3.8, 4) is 11.5 Å². The predicted octanol–water partition coefficient (Wildman–Crippen LogP) is 8.74. The molecule has 2 saturated carbocycles. The van der Waals surface area contributed by atoms with Gasteiger partial charge < -0.3 is 27.7 Å².